The first-order valence-electron chi connectivity index (χ1n) is 11.5. The molecule has 0 saturated carbocycles. The van der Waals surface area contributed by atoms with E-state index >= 15 is 0 Å². The Bertz CT molecular complexity index is 969. The Balaban J connectivity index is 1.45. The van der Waals surface area contributed by atoms with Crippen LogP contribution in [-0.2, 0) is 39.8 Å². The molecule has 9 nitrogen and oxygen atoms in total. The molecular formula is C25H30N2O7. The number of hydrogen-bond donors (Lipinski definition) is 2. The summed E-state index contributed by atoms with van der Waals surface area (Å²) in [6.45, 7) is 0.815. The van der Waals surface area contributed by atoms with Crippen LogP contribution in [-0.4, -0.2) is 56.5 Å². The standard InChI is InChI=1S/C25H30N2O7/c1-31-22(28)18-14-33-25(34-23(29)19(26)12-15-6-3-2-4-7-15)21-16(9-10-17(18)21)13-32-24(30)20-8-5-11-27-20/h2-4,6-7,9,14,17,19-21,25,27H,5,8,10-13,26H2,1H3. The largest absolute Gasteiger partial charge is 0.466 e. The van der Waals surface area contributed by atoms with Crippen LogP contribution < -0.4 is 11.1 Å². The maximum atomic E-state index is 12.8. The third-order valence-electron chi connectivity index (χ3n) is 6.50. The number of allylic oxidation sites excluding steroid dienone is 1. The lowest BCUT2D eigenvalue weighted by molar-refractivity contribution is -0.184. The van der Waals surface area contributed by atoms with Crippen molar-refractivity contribution >= 4 is 17.9 Å². The molecule has 34 heavy (non-hydrogen) atoms. The quantitative estimate of drug-likeness (QED) is 0.329. The number of fused-ring (bicyclic) bond motifs is 1. The summed E-state index contributed by atoms with van der Waals surface area (Å²) < 4.78 is 21.8. The molecule has 1 saturated heterocycles. The van der Waals surface area contributed by atoms with Crippen molar-refractivity contribution in [2.24, 2.45) is 17.6 Å². The summed E-state index contributed by atoms with van der Waals surface area (Å²) in [6, 6.07) is 8.22. The highest BCUT2D eigenvalue weighted by atomic mass is 16.7. The Labute approximate surface area is 198 Å². The minimum absolute atomic E-state index is 0.0279. The number of rotatable bonds is 8. The topological polar surface area (TPSA) is 126 Å². The third-order valence-corrected chi connectivity index (χ3v) is 6.50. The van der Waals surface area contributed by atoms with Crippen molar-refractivity contribution < 1.29 is 33.3 Å². The predicted octanol–water partition coefficient (Wildman–Crippen LogP) is 1.37. The molecule has 9 heteroatoms. The summed E-state index contributed by atoms with van der Waals surface area (Å²) in [4.78, 5) is 37.4. The molecule has 0 radical (unpaired) electrons. The molecule has 0 bridgehead atoms. The van der Waals surface area contributed by atoms with Crippen LogP contribution in [0.1, 0.15) is 24.8 Å². The van der Waals surface area contributed by atoms with Crippen molar-refractivity contribution in [2.45, 2.75) is 44.1 Å². The molecule has 4 rings (SSSR count). The molecule has 0 amide bonds. The van der Waals surface area contributed by atoms with Crippen molar-refractivity contribution in [1.29, 1.82) is 0 Å². The fourth-order valence-corrected chi connectivity index (χ4v) is 4.68. The number of carbonyl (C=O) groups is 3. The Morgan fingerprint density at radius 2 is 2.03 bits per heavy atom. The summed E-state index contributed by atoms with van der Waals surface area (Å²) in [5.74, 6) is -2.25. The van der Waals surface area contributed by atoms with E-state index in [9.17, 15) is 14.4 Å². The molecule has 0 spiro atoms. The maximum absolute atomic E-state index is 12.8. The average Bonchev–Trinajstić information content (AvgIpc) is 3.54. The van der Waals surface area contributed by atoms with Gasteiger partial charge in [-0.25, -0.2) is 4.79 Å². The molecule has 5 atom stereocenters. The zero-order chi connectivity index (χ0) is 24.1. The lowest BCUT2D eigenvalue weighted by Crippen LogP contribution is -2.43. The highest BCUT2D eigenvalue weighted by molar-refractivity contribution is 5.89. The van der Waals surface area contributed by atoms with E-state index in [1.807, 2.05) is 36.4 Å². The van der Waals surface area contributed by atoms with E-state index in [2.05, 4.69) is 5.32 Å². The van der Waals surface area contributed by atoms with Gasteiger partial charge in [0.25, 0.3) is 6.29 Å². The summed E-state index contributed by atoms with van der Waals surface area (Å²) in [5.41, 5.74) is 8.09. The van der Waals surface area contributed by atoms with Crippen molar-refractivity contribution in [1.82, 2.24) is 5.32 Å². The Kier molecular flexibility index (Phi) is 7.64. The fraction of sp³-hybridized carbons (Fsp3) is 0.480. The second kappa shape index (κ2) is 10.8. The average molecular weight is 471 g/mol. The van der Waals surface area contributed by atoms with Gasteiger partial charge in [0.05, 0.1) is 24.9 Å². The monoisotopic (exact) mass is 470 g/mol. The van der Waals surface area contributed by atoms with E-state index < -0.39 is 30.2 Å². The molecule has 1 fully saturated rings. The number of hydrogen-bond acceptors (Lipinski definition) is 9. The third kappa shape index (κ3) is 5.31. The molecule has 2 heterocycles. The van der Waals surface area contributed by atoms with Crippen LogP contribution in [0.5, 0.6) is 0 Å². The van der Waals surface area contributed by atoms with Crippen molar-refractivity contribution in [3.63, 3.8) is 0 Å². The van der Waals surface area contributed by atoms with Gasteiger partial charge in [-0.1, -0.05) is 36.4 Å². The minimum atomic E-state index is -0.996. The van der Waals surface area contributed by atoms with Gasteiger partial charge in [0.15, 0.2) is 0 Å². The molecule has 2 aliphatic heterocycles. The Hall–Kier alpha value is -3.17. The van der Waals surface area contributed by atoms with Gasteiger partial charge in [-0.15, -0.1) is 0 Å². The first-order chi connectivity index (χ1) is 16.5. The fourth-order valence-electron chi connectivity index (χ4n) is 4.68. The zero-order valence-electron chi connectivity index (χ0n) is 19.1. The molecule has 182 valence electrons. The number of esters is 3. The molecule has 0 aromatic heterocycles. The Morgan fingerprint density at radius 3 is 2.74 bits per heavy atom. The molecular weight excluding hydrogens is 440 g/mol. The van der Waals surface area contributed by atoms with Gasteiger partial charge in [0.2, 0.25) is 0 Å². The van der Waals surface area contributed by atoms with E-state index in [4.69, 9.17) is 24.7 Å². The number of carbonyl (C=O) groups excluding carboxylic acids is 3. The van der Waals surface area contributed by atoms with Gasteiger partial charge in [-0.3, -0.25) is 9.59 Å². The number of ether oxygens (including phenoxy) is 4. The van der Waals surface area contributed by atoms with E-state index in [0.717, 1.165) is 30.5 Å². The second-order valence-corrected chi connectivity index (χ2v) is 8.71. The summed E-state index contributed by atoms with van der Waals surface area (Å²) in [7, 11) is 1.30. The van der Waals surface area contributed by atoms with E-state index in [0.29, 0.717) is 18.4 Å². The molecule has 3 N–H and O–H groups in total. The molecule has 3 aliphatic rings. The zero-order valence-corrected chi connectivity index (χ0v) is 19.1. The highest BCUT2D eigenvalue weighted by Gasteiger charge is 2.46. The van der Waals surface area contributed by atoms with Crippen molar-refractivity contribution in [3.8, 4) is 0 Å². The smallest absolute Gasteiger partial charge is 0.337 e. The number of nitrogens with two attached hydrogens (primary N) is 1. The first-order valence-corrected chi connectivity index (χ1v) is 11.5. The molecule has 1 aromatic carbocycles. The van der Waals surface area contributed by atoms with Crippen LogP contribution in [0.25, 0.3) is 0 Å². The van der Waals surface area contributed by atoms with Crippen LogP contribution in [0.4, 0.5) is 0 Å². The molecule has 5 unspecified atom stereocenters. The Morgan fingerprint density at radius 1 is 1.24 bits per heavy atom. The van der Waals surface area contributed by atoms with Gasteiger partial charge in [0.1, 0.15) is 18.7 Å². The first kappa shape index (κ1) is 24.0. The number of benzene rings is 1. The van der Waals surface area contributed by atoms with Crippen LogP contribution in [0.3, 0.4) is 0 Å². The lowest BCUT2D eigenvalue weighted by atomic mass is 9.83. The summed E-state index contributed by atoms with van der Waals surface area (Å²) >= 11 is 0. The van der Waals surface area contributed by atoms with Gasteiger partial charge in [-0.2, -0.15) is 0 Å². The van der Waals surface area contributed by atoms with Crippen LogP contribution in [0.15, 0.2) is 53.8 Å². The highest BCUT2D eigenvalue weighted by Crippen LogP contribution is 2.44. The van der Waals surface area contributed by atoms with E-state index in [1.54, 1.807) is 0 Å². The van der Waals surface area contributed by atoms with Gasteiger partial charge >= 0.3 is 17.9 Å². The summed E-state index contributed by atoms with van der Waals surface area (Å²) in [6.07, 6.45) is 4.69. The van der Waals surface area contributed by atoms with Crippen molar-refractivity contribution in [2.75, 3.05) is 20.3 Å². The normalized spacial score (nSPS) is 26.4. The number of nitrogens with one attached hydrogen (secondary N) is 1. The number of methoxy groups -OCH3 is 1. The van der Waals surface area contributed by atoms with Crippen LogP contribution in [0.2, 0.25) is 0 Å². The van der Waals surface area contributed by atoms with Crippen LogP contribution in [0, 0.1) is 11.8 Å². The van der Waals surface area contributed by atoms with Gasteiger partial charge < -0.3 is 30.0 Å². The van der Waals surface area contributed by atoms with Crippen LogP contribution >= 0.6 is 0 Å². The van der Waals surface area contributed by atoms with E-state index in [-0.39, 0.29) is 24.5 Å². The molecule has 1 aliphatic carbocycles. The maximum Gasteiger partial charge on any atom is 0.337 e. The lowest BCUT2D eigenvalue weighted by Gasteiger charge is -2.34. The van der Waals surface area contributed by atoms with Gasteiger partial charge in [-0.05, 0) is 43.4 Å². The molecule has 1 aromatic rings. The van der Waals surface area contributed by atoms with Crippen molar-refractivity contribution in [3.05, 3.63) is 59.4 Å². The van der Waals surface area contributed by atoms with E-state index in [1.165, 1.54) is 13.4 Å². The van der Waals surface area contributed by atoms with Gasteiger partial charge in [0, 0.05) is 5.92 Å². The summed E-state index contributed by atoms with van der Waals surface area (Å²) in [5, 5.41) is 3.11. The SMILES string of the molecule is COC(=O)C1=COC(OC(=O)C(N)Cc2ccccc2)C2C(COC(=O)C3CCCN3)=CCC12. The minimum Gasteiger partial charge on any atom is -0.466 e. The second-order valence-electron chi connectivity index (χ2n) is 8.71. The predicted molar refractivity (Wildman–Crippen MR) is 121 cm³/mol.